The van der Waals surface area contributed by atoms with Gasteiger partial charge in [0.15, 0.2) is 0 Å². The van der Waals surface area contributed by atoms with Crippen LogP contribution < -0.4 is 5.73 Å². The molecule has 17 heavy (non-hydrogen) atoms. The second-order valence-corrected chi connectivity index (χ2v) is 3.84. The minimum Gasteiger partial charge on any atom is -0.399 e. The standard InChI is InChI=1S/C11H12N4O2/c1-7-5-8(2)14(13-7)10-4-3-9(12)6-11(10)15(16)17/h3-6H,12H2,1-2H3. The van der Waals surface area contributed by atoms with E-state index in [1.165, 1.54) is 6.07 Å². The molecule has 0 aliphatic rings. The van der Waals surface area contributed by atoms with E-state index in [1.54, 1.807) is 16.8 Å². The lowest BCUT2D eigenvalue weighted by atomic mass is 10.2. The molecule has 0 aliphatic heterocycles. The molecule has 0 saturated heterocycles. The van der Waals surface area contributed by atoms with Gasteiger partial charge in [-0.2, -0.15) is 5.10 Å². The Hall–Kier alpha value is -2.37. The van der Waals surface area contributed by atoms with Gasteiger partial charge in [0.25, 0.3) is 5.69 Å². The molecule has 0 spiro atoms. The van der Waals surface area contributed by atoms with Gasteiger partial charge < -0.3 is 5.73 Å². The highest BCUT2D eigenvalue weighted by Crippen LogP contribution is 2.26. The molecule has 2 N–H and O–H groups in total. The van der Waals surface area contributed by atoms with Gasteiger partial charge in [-0.25, -0.2) is 4.68 Å². The van der Waals surface area contributed by atoms with Gasteiger partial charge in [-0.1, -0.05) is 0 Å². The first-order valence-electron chi connectivity index (χ1n) is 5.06. The fourth-order valence-corrected chi connectivity index (χ4v) is 1.74. The molecule has 0 bridgehead atoms. The summed E-state index contributed by atoms with van der Waals surface area (Å²) in [4.78, 5) is 10.5. The smallest absolute Gasteiger partial charge is 0.296 e. The molecule has 6 nitrogen and oxygen atoms in total. The van der Waals surface area contributed by atoms with Gasteiger partial charge in [-0.15, -0.1) is 0 Å². The van der Waals surface area contributed by atoms with Crippen LogP contribution in [0.3, 0.4) is 0 Å². The van der Waals surface area contributed by atoms with E-state index >= 15 is 0 Å². The number of hydrogen-bond acceptors (Lipinski definition) is 4. The SMILES string of the molecule is Cc1cc(C)n(-c2ccc(N)cc2[N+](=O)[O-])n1. The predicted octanol–water partition coefficient (Wildman–Crippen LogP) is 1.98. The van der Waals surface area contributed by atoms with Crippen LogP contribution in [0, 0.1) is 24.0 Å². The maximum absolute atomic E-state index is 11.0. The Morgan fingerprint density at radius 1 is 1.35 bits per heavy atom. The van der Waals surface area contributed by atoms with Crippen molar-refractivity contribution in [2.45, 2.75) is 13.8 Å². The molecule has 0 radical (unpaired) electrons. The van der Waals surface area contributed by atoms with Crippen LogP contribution >= 0.6 is 0 Å². The Morgan fingerprint density at radius 2 is 2.06 bits per heavy atom. The first-order chi connectivity index (χ1) is 7.99. The maximum Gasteiger partial charge on any atom is 0.296 e. The summed E-state index contributed by atoms with van der Waals surface area (Å²) in [5, 5.41) is 15.2. The summed E-state index contributed by atoms with van der Waals surface area (Å²) in [7, 11) is 0. The van der Waals surface area contributed by atoms with E-state index in [4.69, 9.17) is 5.73 Å². The Bertz CT molecular complexity index is 589. The van der Waals surface area contributed by atoms with E-state index in [0.717, 1.165) is 11.4 Å². The third kappa shape index (κ3) is 1.96. The Labute approximate surface area is 97.8 Å². The zero-order valence-electron chi connectivity index (χ0n) is 9.54. The van der Waals surface area contributed by atoms with Crippen molar-refractivity contribution in [3.63, 3.8) is 0 Å². The van der Waals surface area contributed by atoms with E-state index in [0.29, 0.717) is 11.4 Å². The maximum atomic E-state index is 11.0. The molecule has 0 saturated carbocycles. The first kappa shape index (κ1) is 11.1. The molecule has 2 rings (SSSR count). The first-order valence-corrected chi connectivity index (χ1v) is 5.06. The van der Waals surface area contributed by atoms with Crippen molar-refractivity contribution in [3.8, 4) is 5.69 Å². The van der Waals surface area contributed by atoms with E-state index in [9.17, 15) is 10.1 Å². The van der Waals surface area contributed by atoms with Crippen LogP contribution in [0.4, 0.5) is 11.4 Å². The lowest BCUT2D eigenvalue weighted by Crippen LogP contribution is -2.04. The molecule has 0 fully saturated rings. The third-order valence-corrected chi connectivity index (χ3v) is 2.43. The molecule has 88 valence electrons. The average Bonchev–Trinajstić information content (AvgIpc) is 2.57. The van der Waals surface area contributed by atoms with Crippen molar-refractivity contribution in [3.05, 3.63) is 45.8 Å². The number of nitrogen functional groups attached to an aromatic ring is 1. The van der Waals surface area contributed by atoms with Crippen LogP contribution in [0.5, 0.6) is 0 Å². The van der Waals surface area contributed by atoms with Crippen molar-refractivity contribution >= 4 is 11.4 Å². The predicted molar refractivity (Wildman–Crippen MR) is 64.1 cm³/mol. The summed E-state index contributed by atoms with van der Waals surface area (Å²) in [5.74, 6) is 0. The van der Waals surface area contributed by atoms with Crippen molar-refractivity contribution in [2.75, 3.05) is 5.73 Å². The van der Waals surface area contributed by atoms with Crippen molar-refractivity contribution in [1.82, 2.24) is 9.78 Å². The number of hydrogen-bond donors (Lipinski definition) is 1. The molecular weight excluding hydrogens is 220 g/mol. The zero-order chi connectivity index (χ0) is 12.6. The Balaban J connectivity index is 2.67. The lowest BCUT2D eigenvalue weighted by molar-refractivity contribution is -0.384. The van der Waals surface area contributed by atoms with Crippen LogP contribution in [-0.2, 0) is 0 Å². The summed E-state index contributed by atoms with van der Waals surface area (Å²) < 4.78 is 1.55. The van der Waals surface area contributed by atoms with Crippen LogP contribution in [0.25, 0.3) is 5.69 Å². The quantitative estimate of drug-likeness (QED) is 0.487. The second-order valence-electron chi connectivity index (χ2n) is 3.84. The van der Waals surface area contributed by atoms with Crippen LogP contribution in [-0.4, -0.2) is 14.7 Å². The number of anilines is 1. The molecule has 1 heterocycles. The number of nitrogens with zero attached hydrogens (tertiary/aromatic N) is 3. The van der Waals surface area contributed by atoms with Gasteiger partial charge in [0, 0.05) is 17.4 Å². The van der Waals surface area contributed by atoms with Crippen molar-refractivity contribution in [1.29, 1.82) is 0 Å². The van der Waals surface area contributed by atoms with Gasteiger partial charge in [0.1, 0.15) is 5.69 Å². The van der Waals surface area contributed by atoms with Gasteiger partial charge in [0.2, 0.25) is 0 Å². The Kier molecular flexibility index (Phi) is 2.55. The van der Waals surface area contributed by atoms with E-state index in [1.807, 2.05) is 19.9 Å². The highest BCUT2D eigenvalue weighted by atomic mass is 16.6. The number of aryl methyl sites for hydroxylation is 2. The van der Waals surface area contributed by atoms with Crippen LogP contribution in [0.15, 0.2) is 24.3 Å². The highest BCUT2D eigenvalue weighted by Gasteiger charge is 2.17. The lowest BCUT2D eigenvalue weighted by Gasteiger charge is -2.05. The van der Waals surface area contributed by atoms with Crippen LogP contribution in [0.2, 0.25) is 0 Å². The minimum absolute atomic E-state index is 0.0452. The number of rotatable bonds is 2. The van der Waals surface area contributed by atoms with Crippen molar-refractivity contribution in [2.24, 2.45) is 0 Å². The minimum atomic E-state index is -0.456. The monoisotopic (exact) mass is 232 g/mol. The summed E-state index contributed by atoms with van der Waals surface area (Å²) >= 11 is 0. The van der Waals surface area contributed by atoms with Crippen LogP contribution in [0.1, 0.15) is 11.4 Å². The zero-order valence-corrected chi connectivity index (χ0v) is 9.54. The van der Waals surface area contributed by atoms with Gasteiger partial charge in [0.05, 0.1) is 10.6 Å². The molecule has 0 unspecified atom stereocenters. The van der Waals surface area contributed by atoms with Crippen molar-refractivity contribution < 1.29 is 4.92 Å². The number of nitrogens with two attached hydrogens (primary N) is 1. The largest absolute Gasteiger partial charge is 0.399 e. The molecule has 2 aromatic rings. The second kappa shape index (κ2) is 3.89. The summed E-state index contributed by atoms with van der Waals surface area (Å²) in [6.45, 7) is 3.69. The summed E-state index contributed by atoms with van der Waals surface area (Å²) in [6.07, 6.45) is 0. The fourth-order valence-electron chi connectivity index (χ4n) is 1.74. The highest BCUT2D eigenvalue weighted by molar-refractivity contribution is 5.60. The van der Waals surface area contributed by atoms with Gasteiger partial charge in [-0.05, 0) is 32.0 Å². The Morgan fingerprint density at radius 3 is 2.59 bits per heavy atom. The summed E-state index contributed by atoms with van der Waals surface area (Å²) in [5.41, 5.74) is 7.95. The molecule has 0 amide bonds. The number of nitro groups is 1. The molecule has 1 aromatic heterocycles. The van der Waals surface area contributed by atoms with E-state index in [2.05, 4.69) is 5.10 Å². The number of nitro benzene ring substituents is 1. The molecule has 1 aromatic carbocycles. The molecule has 0 atom stereocenters. The third-order valence-electron chi connectivity index (χ3n) is 2.43. The normalized spacial score (nSPS) is 10.5. The van der Waals surface area contributed by atoms with Gasteiger partial charge in [-0.3, -0.25) is 10.1 Å². The molecule has 0 aliphatic carbocycles. The number of benzene rings is 1. The van der Waals surface area contributed by atoms with Gasteiger partial charge >= 0.3 is 0 Å². The average molecular weight is 232 g/mol. The topological polar surface area (TPSA) is 87.0 Å². The van der Waals surface area contributed by atoms with E-state index < -0.39 is 4.92 Å². The fraction of sp³-hybridized carbons (Fsp3) is 0.182. The van der Waals surface area contributed by atoms with E-state index in [-0.39, 0.29) is 5.69 Å². The molecular formula is C11H12N4O2. The summed E-state index contributed by atoms with van der Waals surface area (Å²) in [6, 6.07) is 6.43. The number of aromatic nitrogens is 2. The molecule has 6 heteroatoms.